The number of aromatic nitrogens is 1. The highest BCUT2D eigenvalue weighted by molar-refractivity contribution is 8.00. The minimum Gasteiger partial charge on any atom is -0.301 e. The first-order valence-corrected chi connectivity index (χ1v) is 10.6. The smallest absolute Gasteiger partial charge is 0.236 e. The molecule has 0 saturated carbocycles. The Morgan fingerprint density at radius 3 is 2.37 bits per heavy atom. The Morgan fingerprint density at radius 1 is 1.11 bits per heavy atom. The number of amides is 1. The first-order chi connectivity index (χ1) is 13.1. The Kier molecular flexibility index (Phi) is 6.75. The molecule has 3 rings (SSSR count). The van der Waals surface area contributed by atoms with E-state index >= 15 is 0 Å². The largest absolute Gasteiger partial charge is 0.301 e. The van der Waals surface area contributed by atoms with E-state index in [2.05, 4.69) is 10.3 Å². The van der Waals surface area contributed by atoms with Gasteiger partial charge in [-0.1, -0.05) is 70.9 Å². The van der Waals surface area contributed by atoms with Crippen LogP contribution < -0.4 is 5.32 Å². The second kappa shape index (κ2) is 9.25. The molecule has 0 bridgehead atoms. The van der Waals surface area contributed by atoms with Crippen LogP contribution in [0.2, 0.25) is 10.0 Å². The lowest BCUT2D eigenvalue weighted by Gasteiger charge is -2.06. The Balaban J connectivity index is 2.00. The lowest BCUT2D eigenvalue weighted by molar-refractivity contribution is -0.113. The maximum absolute atomic E-state index is 12.1. The van der Waals surface area contributed by atoms with Gasteiger partial charge in [-0.05, 0) is 12.1 Å². The predicted octanol–water partition coefficient (Wildman–Crippen LogP) is 5.98. The van der Waals surface area contributed by atoms with Gasteiger partial charge in [0.25, 0.3) is 0 Å². The van der Waals surface area contributed by atoms with Gasteiger partial charge in [0.1, 0.15) is 0 Å². The number of thiazole rings is 1. The van der Waals surface area contributed by atoms with Crippen molar-refractivity contribution < 1.29 is 4.79 Å². The molecule has 0 saturated heterocycles. The highest BCUT2D eigenvalue weighted by Crippen LogP contribution is 2.43. The van der Waals surface area contributed by atoms with Crippen LogP contribution in [0.25, 0.3) is 21.7 Å². The summed E-state index contributed by atoms with van der Waals surface area (Å²) in [6.45, 7) is 0. The lowest BCUT2D eigenvalue weighted by atomic mass is 10.1. The van der Waals surface area contributed by atoms with Gasteiger partial charge in [0.05, 0.1) is 33.2 Å². The number of rotatable bonds is 6. The number of nitrogens with zero attached hydrogens (tertiary/aromatic N) is 2. The molecule has 0 aliphatic carbocycles. The van der Waals surface area contributed by atoms with Crippen molar-refractivity contribution in [2.24, 2.45) is 0 Å². The Morgan fingerprint density at radius 2 is 1.74 bits per heavy atom. The molecule has 2 aromatic carbocycles. The fourth-order valence-electron chi connectivity index (χ4n) is 2.38. The van der Waals surface area contributed by atoms with Crippen LogP contribution in [-0.4, -0.2) is 22.4 Å². The minimum absolute atomic E-state index is 0.190. The molecule has 0 unspecified atom stereocenters. The van der Waals surface area contributed by atoms with Crippen LogP contribution in [0.15, 0.2) is 48.5 Å². The fourth-order valence-corrected chi connectivity index (χ4v) is 4.38. The Labute approximate surface area is 175 Å². The third kappa shape index (κ3) is 4.82. The second-order valence-corrected chi connectivity index (χ2v) is 8.15. The average molecular weight is 434 g/mol. The van der Waals surface area contributed by atoms with Gasteiger partial charge in [-0.15, -0.1) is 11.8 Å². The molecule has 0 radical (unpaired) electrons. The van der Waals surface area contributed by atoms with Gasteiger partial charge in [-0.25, -0.2) is 4.98 Å². The van der Waals surface area contributed by atoms with Crippen molar-refractivity contribution in [1.29, 1.82) is 5.26 Å². The zero-order chi connectivity index (χ0) is 19.2. The van der Waals surface area contributed by atoms with Crippen LogP contribution in [0.5, 0.6) is 0 Å². The molecule has 0 atom stereocenters. The molecule has 3 aromatic rings. The molecule has 4 nitrogen and oxygen atoms in total. The van der Waals surface area contributed by atoms with Gasteiger partial charge in [0, 0.05) is 16.1 Å². The fraction of sp³-hybridized carbons (Fsp3) is 0.105. The SMILES string of the molecule is N#CCSCC(=O)Nc1nc(-c2ccccc2Cl)c(-c2ccccc2Cl)s1. The number of anilines is 1. The first-order valence-electron chi connectivity index (χ1n) is 7.85. The Hall–Kier alpha value is -2.04. The summed E-state index contributed by atoms with van der Waals surface area (Å²) in [5.41, 5.74) is 2.26. The molecule has 1 heterocycles. The molecule has 27 heavy (non-hydrogen) atoms. The van der Waals surface area contributed by atoms with Gasteiger partial charge in [0.2, 0.25) is 5.91 Å². The van der Waals surface area contributed by atoms with E-state index in [1.807, 2.05) is 48.5 Å². The molecule has 1 amide bonds. The summed E-state index contributed by atoms with van der Waals surface area (Å²) in [4.78, 5) is 17.5. The molecule has 0 spiro atoms. The van der Waals surface area contributed by atoms with Crippen LogP contribution in [-0.2, 0) is 4.79 Å². The van der Waals surface area contributed by atoms with E-state index in [1.165, 1.54) is 23.1 Å². The van der Waals surface area contributed by atoms with Gasteiger partial charge >= 0.3 is 0 Å². The summed E-state index contributed by atoms with van der Waals surface area (Å²) >= 11 is 15.3. The zero-order valence-corrected chi connectivity index (χ0v) is 17.1. The van der Waals surface area contributed by atoms with Crippen LogP contribution in [0.4, 0.5) is 5.13 Å². The van der Waals surface area contributed by atoms with Gasteiger partial charge in [0.15, 0.2) is 5.13 Å². The third-order valence-corrected chi connectivity index (χ3v) is 5.98. The van der Waals surface area contributed by atoms with Crippen molar-refractivity contribution in [1.82, 2.24) is 4.98 Å². The first kappa shape index (κ1) is 19.7. The normalized spacial score (nSPS) is 10.4. The van der Waals surface area contributed by atoms with Crippen molar-refractivity contribution in [3.63, 3.8) is 0 Å². The third-order valence-electron chi connectivity index (χ3n) is 3.52. The molecule has 8 heteroatoms. The second-order valence-electron chi connectivity index (χ2n) is 5.36. The zero-order valence-electron chi connectivity index (χ0n) is 13.9. The molecule has 0 aliphatic rings. The van der Waals surface area contributed by atoms with E-state index in [1.54, 1.807) is 6.07 Å². The van der Waals surface area contributed by atoms with Crippen LogP contribution >= 0.6 is 46.3 Å². The van der Waals surface area contributed by atoms with Crippen LogP contribution in [0, 0.1) is 11.3 Å². The molecule has 1 aromatic heterocycles. The quantitative estimate of drug-likeness (QED) is 0.485. The van der Waals surface area contributed by atoms with E-state index in [0.29, 0.717) is 20.9 Å². The maximum Gasteiger partial charge on any atom is 0.236 e. The number of hydrogen-bond acceptors (Lipinski definition) is 5. The van der Waals surface area contributed by atoms with Crippen molar-refractivity contribution in [3.8, 4) is 27.8 Å². The molecule has 1 N–H and O–H groups in total. The summed E-state index contributed by atoms with van der Waals surface area (Å²) < 4.78 is 0. The summed E-state index contributed by atoms with van der Waals surface area (Å²) in [7, 11) is 0. The number of carbonyl (C=O) groups excluding carboxylic acids is 1. The average Bonchev–Trinajstić information content (AvgIpc) is 3.06. The number of nitrogens with one attached hydrogen (secondary N) is 1. The molecular weight excluding hydrogens is 421 g/mol. The molecular formula is C19H13Cl2N3OS2. The van der Waals surface area contributed by atoms with E-state index in [9.17, 15) is 4.79 Å². The monoisotopic (exact) mass is 433 g/mol. The highest BCUT2D eigenvalue weighted by Gasteiger charge is 2.19. The lowest BCUT2D eigenvalue weighted by Crippen LogP contribution is -2.14. The van der Waals surface area contributed by atoms with Crippen LogP contribution in [0.1, 0.15) is 0 Å². The minimum atomic E-state index is -0.208. The van der Waals surface area contributed by atoms with Gasteiger partial charge < -0.3 is 5.32 Å². The van der Waals surface area contributed by atoms with Crippen LogP contribution in [0.3, 0.4) is 0 Å². The van der Waals surface area contributed by atoms with Crippen molar-refractivity contribution in [3.05, 3.63) is 58.6 Å². The maximum atomic E-state index is 12.1. The van der Waals surface area contributed by atoms with Crippen molar-refractivity contribution in [2.45, 2.75) is 0 Å². The van der Waals surface area contributed by atoms with Gasteiger partial charge in [-0.3, -0.25) is 4.79 Å². The van der Waals surface area contributed by atoms with Gasteiger partial charge in [-0.2, -0.15) is 5.26 Å². The van der Waals surface area contributed by atoms with Crippen molar-refractivity contribution >= 4 is 57.3 Å². The highest BCUT2D eigenvalue weighted by atomic mass is 35.5. The number of carbonyl (C=O) groups is 1. The van der Waals surface area contributed by atoms with E-state index in [0.717, 1.165) is 16.0 Å². The van der Waals surface area contributed by atoms with E-state index in [-0.39, 0.29) is 17.4 Å². The topological polar surface area (TPSA) is 65.8 Å². The number of benzene rings is 2. The number of halogens is 2. The summed E-state index contributed by atoms with van der Waals surface area (Å²) in [6.07, 6.45) is 0. The standard InChI is InChI=1S/C19H13Cl2N3OS2/c20-14-7-3-1-5-12(14)17-18(13-6-2-4-8-15(13)21)27-19(24-17)23-16(25)11-26-10-9-22/h1-8H,10-11H2,(H,23,24,25). The number of hydrogen-bond donors (Lipinski definition) is 1. The number of nitriles is 1. The summed E-state index contributed by atoms with van der Waals surface area (Å²) in [6, 6.07) is 16.9. The summed E-state index contributed by atoms with van der Waals surface area (Å²) in [5.74, 6) is 0.247. The van der Waals surface area contributed by atoms with Crippen molar-refractivity contribution in [2.75, 3.05) is 16.8 Å². The Bertz CT molecular complexity index is 951. The van der Waals surface area contributed by atoms with E-state index < -0.39 is 0 Å². The van der Waals surface area contributed by atoms with E-state index in [4.69, 9.17) is 28.5 Å². The molecule has 0 aliphatic heterocycles. The molecule has 0 fully saturated rings. The molecule has 136 valence electrons. The number of thioether (sulfide) groups is 1. The summed E-state index contributed by atoms with van der Waals surface area (Å²) in [5, 5.41) is 13.0. The predicted molar refractivity (Wildman–Crippen MR) is 115 cm³/mol.